The SMILES string of the molecule is O=C(Cc1cccc(C(F)(F)F)c1)NNC(=O)c1csc(N2CCOCC2)n1. The van der Waals surface area contributed by atoms with Gasteiger partial charge in [0, 0.05) is 18.5 Å². The van der Waals surface area contributed by atoms with Crippen molar-refractivity contribution in [2.24, 2.45) is 0 Å². The topological polar surface area (TPSA) is 83.6 Å². The van der Waals surface area contributed by atoms with Crippen molar-refractivity contribution in [1.29, 1.82) is 0 Å². The van der Waals surface area contributed by atoms with Gasteiger partial charge in [-0.25, -0.2) is 4.98 Å². The number of amides is 2. The van der Waals surface area contributed by atoms with Gasteiger partial charge in [0.1, 0.15) is 5.69 Å². The third-order valence-electron chi connectivity index (χ3n) is 3.94. The van der Waals surface area contributed by atoms with Gasteiger partial charge in [-0.15, -0.1) is 11.3 Å². The molecule has 0 spiro atoms. The van der Waals surface area contributed by atoms with Crippen LogP contribution < -0.4 is 15.8 Å². The van der Waals surface area contributed by atoms with Gasteiger partial charge in [-0.3, -0.25) is 20.4 Å². The second-order valence-electron chi connectivity index (χ2n) is 5.99. The fourth-order valence-electron chi connectivity index (χ4n) is 2.55. The minimum atomic E-state index is -4.48. The normalized spacial score (nSPS) is 14.6. The molecule has 2 heterocycles. The molecule has 0 atom stereocenters. The molecular weight excluding hydrogens is 397 g/mol. The van der Waals surface area contributed by atoms with Crippen molar-refractivity contribution >= 4 is 28.3 Å². The maximum atomic E-state index is 12.7. The van der Waals surface area contributed by atoms with E-state index in [1.54, 1.807) is 5.38 Å². The summed E-state index contributed by atoms with van der Waals surface area (Å²) in [4.78, 5) is 30.3. The summed E-state index contributed by atoms with van der Waals surface area (Å²) < 4.78 is 43.4. The van der Waals surface area contributed by atoms with Crippen molar-refractivity contribution in [3.05, 3.63) is 46.5 Å². The molecule has 0 radical (unpaired) electrons. The van der Waals surface area contributed by atoms with Crippen LogP contribution in [-0.2, 0) is 22.1 Å². The van der Waals surface area contributed by atoms with Crippen molar-refractivity contribution in [1.82, 2.24) is 15.8 Å². The number of halogens is 3. The molecule has 2 aromatic rings. The third-order valence-corrected chi connectivity index (χ3v) is 4.84. The van der Waals surface area contributed by atoms with E-state index in [-0.39, 0.29) is 17.7 Å². The number of anilines is 1. The summed E-state index contributed by atoms with van der Waals surface area (Å²) in [5.74, 6) is -1.25. The Labute approximate surface area is 162 Å². The Hall–Kier alpha value is -2.66. The lowest BCUT2D eigenvalue weighted by Crippen LogP contribution is -2.42. The van der Waals surface area contributed by atoms with E-state index in [1.807, 2.05) is 4.90 Å². The van der Waals surface area contributed by atoms with E-state index in [0.29, 0.717) is 31.4 Å². The summed E-state index contributed by atoms with van der Waals surface area (Å²) in [5, 5.41) is 2.25. The monoisotopic (exact) mass is 414 g/mol. The Bertz CT molecular complexity index is 850. The van der Waals surface area contributed by atoms with Crippen LogP contribution >= 0.6 is 11.3 Å². The van der Waals surface area contributed by atoms with E-state index in [1.165, 1.54) is 23.5 Å². The summed E-state index contributed by atoms with van der Waals surface area (Å²) in [5.41, 5.74) is 3.90. The highest BCUT2D eigenvalue weighted by Gasteiger charge is 2.30. The molecule has 7 nitrogen and oxygen atoms in total. The summed E-state index contributed by atoms with van der Waals surface area (Å²) in [7, 11) is 0. The molecule has 2 amide bonds. The largest absolute Gasteiger partial charge is 0.416 e. The number of benzene rings is 1. The smallest absolute Gasteiger partial charge is 0.378 e. The van der Waals surface area contributed by atoms with Crippen LogP contribution in [0.1, 0.15) is 21.6 Å². The van der Waals surface area contributed by atoms with Gasteiger partial charge in [0.05, 0.1) is 25.2 Å². The summed E-state index contributed by atoms with van der Waals surface area (Å²) >= 11 is 1.30. The lowest BCUT2D eigenvalue weighted by molar-refractivity contribution is -0.137. The molecule has 0 saturated carbocycles. The van der Waals surface area contributed by atoms with Crippen molar-refractivity contribution in [2.75, 3.05) is 31.2 Å². The van der Waals surface area contributed by atoms with Crippen LogP contribution in [-0.4, -0.2) is 43.1 Å². The van der Waals surface area contributed by atoms with Crippen LogP contribution in [0.15, 0.2) is 29.6 Å². The fourth-order valence-corrected chi connectivity index (χ4v) is 3.41. The molecule has 28 heavy (non-hydrogen) atoms. The van der Waals surface area contributed by atoms with Gasteiger partial charge in [-0.2, -0.15) is 13.2 Å². The highest BCUT2D eigenvalue weighted by atomic mass is 32.1. The number of aromatic nitrogens is 1. The summed E-state index contributed by atoms with van der Waals surface area (Å²) in [6.45, 7) is 2.55. The van der Waals surface area contributed by atoms with Gasteiger partial charge in [0.25, 0.3) is 5.91 Å². The number of morpholine rings is 1. The van der Waals surface area contributed by atoms with Gasteiger partial charge >= 0.3 is 6.18 Å². The van der Waals surface area contributed by atoms with Gasteiger partial charge in [-0.05, 0) is 11.6 Å². The second kappa shape index (κ2) is 8.57. The number of hydrogen-bond acceptors (Lipinski definition) is 6. The number of rotatable bonds is 4. The van der Waals surface area contributed by atoms with E-state index < -0.39 is 23.6 Å². The molecular formula is C17H17F3N4O3S. The van der Waals surface area contributed by atoms with Crippen molar-refractivity contribution < 1.29 is 27.5 Å². The van der Waals surface area contributed by atoms with Crippen LogP contribution in [0.5, 0.6) is 0 Å². The molecule has 0 bridgehead atoms. The zero-order valence-electron chi connectivity index (χ0n) is 14.6. The summed E-state index contributed by atoms with van der Waals surface area (Å²) in [6, 6.07) is 4.46. The molecule has 1 aliphatic rings. The first-order chi connectivity index (χ1) is 13.3. The Morgan fingerprint density at radius 1 is 1.21 bits per heavy atom. The molecule has 1 fully saturated rings. The number of nitrogens with zero attached hydrogens (tertiary/aromatic N) is 2. The zero-order chi connectivity index (χ0) is 20.1. The number of alkyl halides is 3. The molecule has 2 N–H and O–H groups in total. The average molecular weight is 414 g/mol. The van der Waals surface area contributed by atoms with Crippen molar-refractivity contribution in [2.45, 2.75) is 12.6 Å². The van der Waals surface area contributed by atoms with E-state index >= 15 is 0 Å². The Balaban J connectivity index is 1.52. The number of hydrazine groups is 1. The quantitative estimate of drug-likeness (QED) is 0.748. The maximum absolute atomic E-state index is 12.7. The minimum absolute atomic E-state index is 0.144. The van der Waals surface area contributed by atoms with Crippen LogP contribution in [0, 0.1) is 0 Å². The van der Waals surface area contributed by atoms with E-state index in [9.17, 15) is 22.8 Å². The van der Waals surface area contributed by atoms with Gasteiger partial charge in [0.15, 0.2) is 5.13 Å². The van der Waals surface area contributed by atoms with Crippen molar-refractivity contribution in [3.63, 3.8) is 0 Å². The highest BCUT2D eigenvalue weighted by Crippen LogP contribution is 2.29. The molecule has 1 aromatic heterocycles. The van der Waals surface area contributed by atoms with Crippen LogP contribution in [0.3, 0.4) is 0 Å². The predicted octanol–water partition coefficient (Wildman–Crippen LogP) is 2.00. The average Bonchev–Trinajstić information content (AvgIpc) is 3.17. The Morgan fingerprint density at radius 3 is 2.68 bits per heavy atom. The lowest BCUT2D eigenvalue weighted by atomic mass is 10.1. The molecule has 0 aliphatic carbocycles. The van der Waals surface area contributed by atoms with Crippen molar-refractivity contribution in [3.8, 4) is 0 Å². The first-order valence-electron chi connectivity index (χ1n) is 8.36. The van der Waals surface area contributed by atoms with Gasteiger partial charge < -0.3 is 9.64 Å². The number of carbonyl (C=O) groups is 2. The van der Waals surface area contributed by atoms with Gasteiger partial charge in [0.2, 0.25) is 5.91 Å². The minimum Gasteiger partial charge on any atom is -0.378 e. The predicted molar refractivity (Wildman–Crippen MR) is 95.9 cm³/mol. The zero-order valence-corrected chi connectivity index (χ0v) is 15.4. The highest BCUT2D eigenvalue weighted by molar-refractivity contribution is 7.13. The molecule has 0 unspecified atom stereocenters. The Morgan fingerprint density at radius 2 is 1.96 bits per heavy atom. The van der Waals surface area contributed by atoms with E-state index in [4.69, 9.17) is 4.74 Å². The molecule has 3 rings (SSSR count). The van der Waals surface area contributed by atoms with Crippen LogP contribution in [0.25, 0.3) is 0 Å². The molecule has 150 valence electrons. The fraction of sp³-hybridized carbons (Fsp3) is 0.353. The number of ether oxygens (including phenoxy) is 1. The molecule has 11 heteroatoms. The maximum Gasteiger partial charge on any atom is 0.416 e. The number of nitrogens with one attached hydrogen (secondary N) is 2. The van der Waals surface area contributed by atoms with E-state index in [2.05, 4.69) is 15.8 Å². The molecule has 1 saturated heterocycles. The molecule has 1 aromatic carbocycles. The second-order valence-corrected chi connectivity index (χ2v) is 6.83. The van der Waals surface area contributed by atoms with Crippen LogP contribution in [0.4, 0.5) is 18.3 Å². The first kappa shape index (κ1) is 20.1. The number of carbonyl (C=O) groups excluding carboxylic acids is 2. The lowest BCUT2D eigenvalue weighted by Gasteiger charge is -2.25. The Kier molecular flexibility index (Phi) is 6.15. The number of hydrogen-bond donors (Lipinski definition) is 2. The molecule has 1 aliphatic heterocycles. The van der Waals surface area contributed by atoms with Crippen LogP contribution in [0.2, 0.25) is 0 Å². The third kappa shape index (κ3) is 5.20. The standard InChI is InChI=1S/C17H17F3N4O3S/c18-17(19,20)12-3-1-2-11(8-12)9-14(25)22-23-15(26)13-10-28-16(21-13)24-4-6-27-7-5-24/h1-3,8,10H,4-7,9H2,(H,22,25)(H,23,26). The summed E-state index contributed by atoms with van der Waals surface area (Å²) in [6.07, 6.45) is -4.79. The number of thiazole rings is 1. The first-order valence-corrected chi connectivity index (χ1v) is 9.24. The van der Waals surface area contributed by atoms with E-state index in [0.717, 1.165) is 12.1 Å². The van der Waals surface area contributed by atoms with Gasteiger partial charge in [-0.1, -0.05) is 18.2 Å².